The van der Waals surface area contributed by atoms with Gasteiger partial charge in [0.15, 0.2) is 0 Å². The van der Waals surface area contributed by atoms with Gasteiger partial charge in [-0.25, -0.2) is 0 Å². The molecule has 0 saturated heterocycles. The zero-order chi connectivity index (χ0) is 11.8. The highest BCUT2D eigenvalue weighted by molar-refractivity contribution is 8.25. The Hall–Kier alpha value is -0.993. The van der Waals surface area contributed by atoms with Gasteiger partial charge in [-0.1, -0.05) is 42.5 Å². The number of allylic oxidation sites excluding steroid dienone is 4. The van der Waals surface area contributed by atoms with Crippen LogP contribution < -0.4 is 5.19 Å². The molecule has 1 aliphatic carbocycles. The summed E-state index contributed by atoms with van der Waals surface area (Å²) in [6.45, 7) is 4.67. The molecule has 1 heterocycles. The number of fused-ring (bicyclic) bond motifs is 1. The number of rotatable bonds is 1. The molecule has 0 nitrogen and oxygen atoms in total. The lowest BCUT2D eigenvalue weighted by Crippen LogP contribution is -2.17. The Morgan fingerprint density at radius 1 is 1.12 bits per heavy atom. The molecule has 0 bridgehead atoms. The molecule has 0 amide bonds. The first-order valence-electron chi connectivity index (χ1n) is 5.96. The largest absolute Gasteiger partial charge is 0.172 e. The number of hydrogen-bond acceptors (Lipinski definition) is 0. The van der Waals surface area contributed by atoms with E-state index in [1.165, 1.54) is 16.9 Å². The average Bonchev–Trinajstić information content (AvgIpc) is 2.88. The Labute approximate surface area is 106 Å². The summed E-state index contributed by atoms with van der Waals surface area (Å²) in [5.74, 6) is 1.27. The van der Waals surface area contributed by atoms with Crippen LogP contribution in [-0.2, 0) is 0 Å². The van der Waals surface area contributed by atoms with E-state index in [-0.39, 0.29) is 0 Å². The highest BCUT2D eigenvalue weighted by Crippen LogP contribution is 2.43. The smallest absolute Gasteiger partial charge is 0.0794 e. The van der Waals surface area contributed by atoms with Gasteiger partial charge in [-0.2, -0.15) is 9.89 Å². The van der Waals surface area contributed by atoms with E-state index in [1.54, 1.807) is 10.1 Å². The Morgan fingerprint density at radius 3 is 2.65 bits per heavy atom. The Bertz CT molecular complexity index is 589. The van der Waals surface area contributed by atoms with Crippen LogP contribution in [0.2, 0.25) is 6.55 Å². The Balaban J connectivity index is 2.05. The summed E-state index contributed by atoms with van der Waals surface area (Å²) in [6.07, 6.45) is 7.17. The van der Waals surface area contributed by atoms with Gasteiger partial charge in [0.1, 0.15) is 0 Å². The molecule has 1 atom stereocenters. The van der Waals surface area contributed by atoms with Crippen molar-refractivity contribution in [3.8, 4) is 0 Å². The summed E-state index contributed by atoms with van der Waals surface area (Å²) in [5, 5.41) is 1.57. The van der Waals surface area contributed by atoms with E-state index in [1.807, 2.05) is 0 Å². The molecule has 1 aliphatic heterocycles. The van der Waals surface area contributed by atoms with E-state index in [0.29, 0.717) is 9.89 Å². The normalized spacial score (nSPS) is 22.8. The predicted molar refractivity (Wildman–Crippen MR) is 80.1 cm³/mol. The highest BCUT2D eigenvalue weighted by Gasteiger charge is 2.20. The van der Waals surface area contributed by atoms with E-state index < -0.39 is 7.50 Å². The van der Waals surface area contributed by atoms with Crippen molar-refractivity contribution in [2.24, 2.45) is 0 Å². The molecule has 17 heavy (non-hydrogen) atoms. The summed E-state index contributed by atoms with van der Waals surface area (Å²) >= 11 is 0. The van der Waals surface area contributed by atoms with Crippen molar-refractivity contribution < 1.29 is 0 Å². The second-order valence-corrected chi connectivity index (χ2v) is 11.1. The molecule has 1 aromatic rings. The maximum absolute atomic E-state index is 2.47. The van der Waals surface area contributed by atoms with Crippen LogP contribution in [0, 0.1) is 0 Å². The summed E-state index contributed by atoms with van der Waals surface area (Å²) < 4.78 is 0. The Kier molecular flexibility index (Phi) is 2.85. The maximum Gasteiger partial charge on any atom is 0.0794 e. The molecule has 1 aromatic carbocycles. The second-order valence-electron chi connectivity index (χ2n) is 4.54. The van der Waals surface area contributed by atoms with Crippen LogP contribution in [-0.4, -0.2) is 13.3 Å². The van der Waals surface area contributed by atoms with Gasteiger partial charge in [0.05, 0.1) is 7.50 Å². The topological polar surface area (TPSA) is 0 Å². The van der Waals surface area contributed by atoms with Gasteiger partial charge in [0.2, 0.25) is 0 Å². The van der Waals surface area contributed by atoms with E-state index in [4.69, 9.17) is 0 Å². The molecule has 0 saturated carbocycles. The zero-order valence-electron chi connectivity index (χ0n) is 10.2. The number of hydrogen-bond donors (Lipinski definition) is 0. The first-order chi connectivity index (χ1) is 8.25. The van der Waals surface area contributed by atoms with Crippen molar-refractivity contribution in [1.29, 1.82) is 0 Å². The molecule has 0 aromatic heterocycles. The van der Waals surface area contributed by atoms with Crippen LogP contribution in [0.5, 0.6) is 0 Å². The van der Waals surface area contributed by atoms with E-state index in [0.717, 1.165) is 0 Å². The van der Waals surface area contributed by atoms with E-state index in [2.05, 4.69) is 62.0 Å². The summed E-state index contributed by atoms with van der Waals surface area (Å²) in [7, 11) is 0.0223. The van der Waals surface area contributed by atoms with Crippen molar-refractivity contribution >= 4 is 22.6 Å². The highest BCUT2D eigenvalue weighted by atomic mass is 32.3. The molecular weight excluding hydrogens is 240 g/mol. The second kappa shape index (κ2) is 4.35. The van der Waals surface area contributed by atoms with E-state index in [9.17, 15) is 0 Å². The van der Waals surface area contributed by atoms with Crippen molar-refractivity contribution in [3.63, 3.8) is 0 Å². The summed E-state index contributed by atoms with van der Waals surface area (Å²) in [4.78, 5) is 1.63. The van der Waals surface area contributed by atoms with Crippen LogP contribution in [0.4, 0.5) is 0 Å². The minimum atomic E-state index is -0.447. The fourth-order valence-electron chi connectivity index (χ4n) is 2.39. The lowest BCUT2D eigenvalue weighted by molar-refractivity contribution is 1.56. The van der Waals surface area contributed by atoms with Crippen LogP contribution in [0.3, 0.4) is 0 Å². The van der Waals surface area contributed by atoms with E-state index >= 15 is 0 Å². The van der Waals surface area contributed by atoms with Gasteiger partial charge in [-0.15, -0.1) is 0 Å². The van der Waals surface area contributed by atoms with Crippen LogP contribution in [0.1, 0.15) is 6.92 Å². The maximum atomic E-state index is 2.47. The van der Waals surface area contributed by atoms with Crippen LogP contribution in [0.15, 0.2) is 64.6 Å². The molecule has 0 spiro atoms. The van der Waals surface area contributed by atoms with Crippen molar-refractivity contribution in [2.75, 3.05) is 5.75 Å². The first-order valence-corrected chi connectivity index (χ1v) is 10.1. The minimum Gasteiger partial charge on any atom is -0.172 e. The van der Waals surface area contributed by atoms with Crippen LogP contribution in [0.25, 0.3) is 0 Å². The zero-order valence-corrected chi connectivity index (χ0v) is 12.1. The van der Waals surface area contributed by atoms with Gasteiger partial charge in [-0.05, 0) is 35.9 Å². The average molecular weight is 256 g/mol. The third-order valence-electron chi connectivity index (χ3n) is 3.31. The molecule has 86 valence electrons. The van der Waals surface area contributed by atoms with Gasteiger partial charge in [0, 0.05) is 10.7 Å². The first kappa shape index (κ1) is 11.1. The van der Waals surface area contributed by atoms with Gasteiger partial charge >= 0.3 is 0 Å². The Morgan fingerprint density at radius 2 is 1.88 bits per heavy atom. The molecule has 3 rings (SSSR count). The van der Waals surface area contributed by atoms with Gasteiger partial charge < -0.3 is 0 Å². The molecule has 1 unspecified atom stereocenters. The molecule has 2 heteroatoms. The lowest BCUT2D eigenvalue weighted by Gasteiger charge is -2.09. The molecule has 0 N–H and O–H groups in total. The van der Waals surface area contributed by atoms with Crippen molar-refractivity contribution in [3.05, 3.63) is 64.6 Å². The fourth-order valence-corrected chi connectivity index (χ4v) is 8.98. The van der Waals surface area contributed by atoms with Crippen molar-refractivity contribution in [1.82, 2.24) is 0 Å². The SMILES string of the molecule is CC1=CC2=CCS(=[Si](C)c3ccccc3)C2=C1. The standard InChI is InChI=1S/C15H16SSi/c1-12-10-13-8-9-16(15(13)11-12)17(2)14-6-4-3-5-7-14/h3-8,10-11H,9H2,1-2H3. The van der Waals surface area contributed by atoms with Crippen molar-refractivity contribution in [2.45, 2.75) is 13.5 Å². The number of benzene rings is 1. The molecular formula is C15H16SSi. The predicted octanol–water partition coefficient (Wildman–Crippen LogP) is 3.57. The quantitative estimate of drug-likeness (QED) is 0.674. The van der Waals surface area contributed by atoms with Gasteiger partial charge in [0.25, 0.3) is 0 Å². The molecule has 2 aliphatic rings. The van der Waals surface area contributed by atoms with Gasteiger partial charge in [-0.3, -0.25) is 0 Å². The monoisotopic (exact) mass is 256 g/mol. The van der Waals surface area contributed by atoms with Crippen LogP contribution >= 0.6 is 9.89 Å². The third-order valence-corrected chi connectivity index (χ3v) is 10.7. The molecule has 0 fully saturated rings. The lowest BCUT2D eigenvalue weighted by atomic mass is 10.3. The molecule has 0 radical (unpaired) electrons. The minimum absolute atomic E-state index is 0.447. The summed E-state index contributed by atoms with van der Waals surface area (Å²) in [5.41, 5.74) is 2.93. The summed E-state index contributed by atoms with van der Waals surface area (Å²) in [6, 6.07) is 11.1. The third kappa shape index (κ3) is 1.96. The fraction of sp³-hybridized carbons (Fsp3) is 0.200.